The summed E-state index contributed by atoms with van der Waals surface area (Å²) < 4.78 is 49.0. The fourth-order valence-electron chi connectivity index (χ4n) is 8.86. The highest BCUT2D eigenvalue weighted by molar-refractivity contribution is 7.26. The zero-order valence-electron chi connectivity index (χ0n) is 35.5. The summed E-state index contributed by atoms with van der Waals surface area (Å²) in [5.41, 5.74) is 12.2. The zero-order chi connectivity index (χ0) is 41.8. The minimum absolute atomic E-state index is 0.194. The molecular formula is C54H34N2S. The SMILES string of the molecule is [2H]c1c([2H])c([2H])c(-c2cccc3sc4cc(-n5c6ccccc6c6cc(-c7ccc8c(c7)c7ccccc7n8-c7cccc(-c8ccccc8)c7)ccc65)ccc4c23)c([2H])c1[2H]. The van der Waals surface area contributed by atoms with E-state index in [2.05, 4.69) is 167 Å². The molecule has 3 heterocycles. The molecule has 2 nitrogen and oxygen atoms in total. The lowest BCUT2D eigenvalue weighted by atomic mass is 9.99. The summed E-state index contributed by atoms with van der Waals surface area (Å²) in [6.45, 7) is 0. The van der Waals surface area contributed by atoms with Gasteiger partial charge in [-0.3, -0.25) is 0 Å². The van der Waals surface area contributed by atoms with E-state index in [9.17, 15) is 0 Å². The number of para-hydroxylation sites is 2. The fourth-order valence-corrected chi connectivity index (χ4v) is 10.0. The van der Waals surface area contributed by atoms with Gasteiger partial charge in [-0.25, -0.2) is 0 Å². The summed E-state index contributed by atoms with van der Waals surface area (Å²) >= 11 is 1.65. The lowest BCUT2D eigenvalue weighted by molar-refractivity contribution is 1.18. The second-order valence-corrected chi connectivity index (χ2v) is 15.6. The second kappa shape index (κ2) is 12.7. The Morgan fingerprint density at radius 1 is 0.351 bits per heavy atom. The van der Waals surface area contributed by atoms with Crippen molar-refractivity contribution in [2.24, 2.45) is 0 Å². The van der Waals surface area contributed by atoms with Crippen LogP contribution in [0.5, 0.6) is 0 Å². The van der Waals surface area contributed by atoms with Crippen molar-refractivity contribution in [1.29, 1.82) is 0 Å². The lowest BCUT2D eigenvalue weighted by Crippen LogP contribution is -1.94. The van der Waals surface area contributed by atoms with Crippen LogP contribution in [0.25, 0.3) is 109 Å². The predicted octanol–water partition coefficient (Wildman–Crippen LogP) is 15.2. The van der Waals surface area contributed by atoms with Crippen LogP contribution in [0.15, 0.2) is 206 Å². The molecule has 12 rings (SSSR count). The molecule has 0 radical (unpaired) electrons. The van der Waals surface area contributed by atoms with Crippen LogP contribution < -0.4 is 0 Å². The summed E-state index contributed by atoms with van der Waals surface area (Å²) in [4.78, 5) is 0. The smallest absolute Gasteiger partial charge is 0.0629 e. The van der Waals surface area contributed by atoms with Crippen molar-refractivity contribution in [2.45, 2.75) is 0 Å². The highest BCUT2D eigenvalue weighted by atomic mass is 32.1. The van der Waals surface area contributed by atoms with Crippen LogP contribution in [0.3, 0.4) is 0 Å². The summed E-state index contributed by atoms with van der Waals surface area (Å²) in [6.07, 6.45) is 0. The summed E-state index contributed by atoms with van der Waals surface area (Å²) in [5, 5.41) is 6.63. The van der Waals surface area contributed by atoms with Crippen molar-refractivity contribution in [2.75, 3.05) is 0 Å². The number of nitrogens with zero attached hydrogens (tertiary/aromatic N) is 2. The molecule has 0 spiro atoms. The molecule has 0 saturated heterocycles. The minimum Gasteiger partial charge on any atom is -0.309 e. The van der Waals surface area contributed by atoms with Gasteiger partial charge in [-0.1, -0.05) is 139 Å². The highest BCUT2D eigenvalue weighted by Gasteiger charge is 2.18. The van der Waals surface area contributed by atoms with E-state index >= 15 is 0 Å². The number of hydrogen-bond donors (Lipinski definition) is 0. The molecule has 0 saturated carbocycles. The number of fused-ring (bicyclic) bond motifs is 9. The third-order valence-electron chi connectivity index (χ3n) is 11.4. The van der Waals surface area contributed by atoms with E-state index in [0.29, 0.717) is 5.56 Å². The van der Waals surface area contributed by atoms with Crippen molar-refractivity contribution in [3.05, 3.63) is 206 Å². The van der Waals surface area contributed by atoms with E-state index in [4.69, 9.17) is 6.85 Å². The van der Waals surface area contributed by atoms with E-state index < -0.39 is 0 Å². The molecule has 0 N–H and O–H groups in total. The van der Waals surface area contributed by atoms with E-state index in [1.807, 2.05) is 18.2 Å². The van der Waals surface area contributed by atoms with E-state index in [1.54, 1.807) is 11.3 Å². The van der Waals surface area contributed by atoms with Crippen molar-refractivity contribution >= 4 is 75.1 Å². The van der Waals surface area contributed by atoms with Gasteiger partial charge in [0.15, 0.2) is 0 Å². The predicted molar refractivity (Wildman–Crippen MR) is 244 cm³/mol. The van der Waals surface area contributed by atoms with Crippen LogP contribution in [0.4, 0.5) is 0 Å². The molecule has 3 aromatic heterocycles. The number of rotatable bonds is 5. The average molecular weight is 748 g/mol. The molecule has 0 aliphatic carbocycles. The monoisotopic (exact) mass is 747 g/mol. The summed E-state index contributed by atoms with van der Waals surface area (Å²) in [5.74, 6) is 0. The fraction of sp³-hybridized carbons (Fsp3) is 0. The van der Waals surface area contributed by atoms with Crippen LogP contribution in [-0.4, -0.2) is 9.13 Å². The highest BCUT2D eigenvalue weighted by Crippen LogP contribution is 2.43. The first-order chi connectivity index (χ1) is 30.3. The third kappa shape index (κ3) is 5.03. The van der Waals surface area contributed by atoms with Crippen molar-refractivity contribution in [3.63, 3.8) is 0 Å². The van der Waals surface area contributed by atoms with Crippen LogP contribution in [0.2, 0.25) is 0 Å². The van der Waals surface area contributed by atoms with Gasteiger partial charge in [0.2, 0.25) is 0 Å². The minimum atomic E-state index is -0.389. The summed E-state index contributed by atoms with van der Waals surface area (Å²) in [7, 11) is 0. The maximum Gasteiger partial charge on any atom is 0.0629 e. The average Bonchev–Trinajstić information content (AvgIpc) is 3.98. The Morgan fingerprint density at radius 2 is 0.930 bits per heavy atom. The lowest BCUT2D eigenvalue weighted by Gasteiger charge is -2.11. The number of benzene rings is 9. The van der Waals surface area contributed by atoms with Gasteiger partial charge >= 0.3 is 0 Å². The molecule has 3 heteroatoms. The van der Waals surface area contributed by atoms with Gasteiger partial charge in [0, 0.05) is 53.1 Å². The maximum absolute atomic E-state index is 8.72. The van der Waals surface area contributed by atoms with Gasteiger partial charge in [-0.2, -0.15) is 0 Å². The van der Waals surface area contributed by atoms with Gasteiger partial charge in [-0.05, 0) is 100 Å². The van der Waals surface area contributed by atoms with Gasteiger partial charge in [0.05, 0.1) is 28.9 Å². The molecule has 0 bridgehead atoms. The molecule has 9 aromatic carbocycles. The van der Waals surface area contributed by atoms with E-state index in [0.717, 1.165) is 59.2 Å². The second-order valence-electron chi connectivity index (χ2n) is 14.5. The molecule has 12 aromatic rings. The normalized spacial score (nSPS) is 13.1. The first-order valence-corrected chi connectivity index (χ1v) is 19.9. The van der Waals surface area contributed by atoms with Crippen LogP contribution in [0, 0.1) is 0 Å². The summed E-state index contributed by atoms with van der Waals surface area (Å²) in [6, 6.07) is 61.0. The topological polar surface area (TPSA) is 9.86 Å². The molecule has 0 aliphatic rings. The Balaban J connectivity index is 0.986. The molecule has 0 atom stereocenters. The molecule has 0 aliphatic heterocycles. The molecule has 0 unspecified atom stereocenters. The third-order valence-corrected chi connectivity index (χ3v) is 12.5. The Hall–Kier alpha value is -7.20. The van der Waals surface area contributed by atoms with Crippen molar-refractivity contribution < 1.29 is 6.85 Å². The Kier molecular flexibility index (Phi) is 6.09. The molecular weight excluding hydrogens is 709 g/mol. The van der Waals surface area contributed by atoms with Gasteiger partial charge < -0.3 is 9.13 Å². The molecule has 0 amide bonds. The Bertz CT molecular complexity index is 3790. The number of thiophene rings is 1. The standard InChI is InChI=1S/C54H34N2S/c1-3-13-35(14-4-1)37-17-11-18-40(31-37)55-48-22-9-7-19-43(48)46-32-38(25-29-50(46)55)39-26-30-51-47(33-39)44-20-8-10-23-49(44)56(51)41-27-28-45-53(34-41)57-52-24-12-21-42(54(45)52)36-15-5-2-6-16-36/h1-34H/i2D,5D,6D,15D,16D. The largest absolute Gasteiger partial charge is 0.309 e. The number of hydrogen-bond acceptors (Lipinski definition) is 1. The molecule has 0 fully saturated rings. The van der Waals surface area contributed by atoms with Crippen LogP contribution >= 0.6 is 11.3 Å². The first-order valence-electron chi connectivity index (χ1n) is 21.6. The van der Waals surface area contributed by atoms with Crippen molar-refractivity contribution in [1.82, 2.24) is 9.13 Å². The van der Waals surface area contributed by atoms with E-state index in [-0.39, 0.29) is 35.8 Å². The Morgan fingerprint density at radius 3 is 1.63 bits per heavy atom. The Labute approximate surface area is 340 Å². The quantitative estimate of drug-likeness (QED) is 0.166. The van der Waals surface area contributed by atoms with Gasteiger partial charge in [-0.15, -0.1) is 11.3 Å². The van der Waals surface area contributed by atoms with Crippen molar-refractivity contribution in [3.8, 4) is 44.8 Å². The zero-order valence-corrected chi connectivity index (χ0v) is 31.4. The molecule has 266 valence electrons. The van der Waals surface area contributed by atoms with Gasteiger partial charge in [0.25, 0.3) is 0 Å². The van der Waals surface area contributed by atoms with E-state index in [1.165, 1.54) is 38.2 Å². The first kappa shape index (κ1) is 27.4. The van der Waals surface area contributed by atoms with Crippen LogP contribution in [-0.2, 0) is 0 Å². The number of aromatic nitrogens is 2. The maximum atomic E-state index is 8.72. The van der Waals surface area contributed by atoms with Crippen LogP contribution in [0.1, 0.15) is 6.85 Å². The molecule has 57 heavy (non-hydrogen) atoms. The van der Waals surface area contributed by atoms with Gasteiger partial charge in [0.1, 0.15) is 0 Å².